The number of rotatable bonds is 4. The van der Waals surface area contributed by atoms with Crippen LogP contribution in [0.1, 0.15) is 49.4 Å². The van der Waals surface area contributed by atoms with E-state index < -0.39 is 0 Å². The Balaban J connectivity index is 1.82. The highest BCUT2D eigenvalue weighted by atomic mass is 16.2. The van der Waals surface area contributed by atoms with Crippen LogP contribution in [0, 0.1) is 0 Å². The Morgan fingerprint density at radius 2 is 2.18 bits per heavy atom. The molecule has 22 heavy (non-hydrogen) atoms. The zero-order valence-corrected chi connectivity index (χ0v) is 12.9. The molecule has 6 heteroatoms. The van der Waals surface area contributed by atoms with Gasteiger partial charge in [0.1, 0.15) is 12.7 Å². The summed E-state index contributed by atoms with van der Waals surface area (Å²) in [6, 6.07) is 3.92. The van der Waals surface area contributed by atoms with Gasteiger partial charge in [0.25, 0.3) is 5.91 Å². The van der Waals surface area contributed by atoms with E-state index in [0.29, 0.717) is 17.4 Å². The van der Waals surface area contributed by atoms with Crippen molar-refractivity contribution >= 4 is 5.91 Å². The molecule has 0 radical (unpaired) electrons. The fourth-order valence-electron chi connectivity index (χ4n) is 3.13. The number of hydrogen-bond acceptors (Lipinski definition) is 4. The lowest BCUT2D eigenvalue weighted by Crippen LogP contribution is -2.41. The molecule has 0 aromatic carbocycles. The van der Waals surface area contributed by atoms with Crippen molar-refractivity contribution in [3.05, 3.63) is 36.5 Å². The van der Waals surface area contributed by atoms with Crippen LogP contribution in [0.2, 0.25) is 0 Å². The van der Waals surface area contributed by atoms with Crippen LogP contribution in [0.15, 0.2) is 31.0 Å². The Morgan fingerprint density at radius 3 is 2.86 bits per heavy atom. The number of carbonyl (C=O) groups is 1. The predicted molar refractivity (Wildman–Crippen MR) is 82.7 cm³/mol. The smallest absolute Gasteiger partial charge is 0.254 e. The van der Waals surface area contributed by atoms with Crippen LogP contribution < -0.4 is 0 Å². The summed E-state index contributed by atoms with van der Waals surface area (Å²) in [6.45, 7) is 2.79. The number of hydrogen-bond donors (Lipinski definition) is 0. The molecule has 0 unspecified atom stereocenters. The number of amides is 1. The van der Waals surface area contributed by atoms with E-state index >= 15 is 0 Å². The SMILES string of the molecule is CCN(C(=O)c1ccnc(-n2cncn2)c1)C1CCCCC1. The average Bonchev–Trinajstić information content (AvgIpc) is 3.11. The van der Waals surface area contributed by atoms with Crippen LogP contribution in [0.5, 0.6) is 0 Å². The average molecular weight is 299 g/mol. The molecule has 2 heterocycles. The van der Waals surface area contributed by atoms with Gasteiger partial charge >= 0.3 is 0 Å². The standard InChI is InChI=1S/C16H21N5O/c1-2-20(14-6-4-3-5-7-14)16(22)13-8-9-18-15(10-13)21-12-17-11-19-21/h8-12,14H,2-7H2,1H3. The first-order chi connectivity index (χ1) is 10.8. The molecule has 3 rings (SSSR count). The van der Waals surface area contributed by atoms with Gasteiger partial charge in [0.05, 0.1) is 0 Å². The topological polar surface area (TPSA) is 63.9 Å². The Labute approximate surface area is 130 Å². The van der Waals surface area contributed by atoms with Crippen LogP contribution in [0.3, 0.4) is 0 Å². The monoisotopic (exact) mass is 299 g/mol. The van der Waals surface area contributed by atoms with E-state index in [1.54, 1.807) is 29.3 Å². The van der Waals surface area contributed by atoms with E-state index in [0.717, 1.165) is 19.4 Å². The minimum Gasteiger partial charge on any atom is -0.336 e. The molecule has 1 aliphatic rings. The zero-order valence-electron chi connectivity index (χ0n) is 12.9. The normalized spacial score (nSPS) is 15.7. The van der Waals surface area contributed by atoms with Crippen molar-refractivity contribution in [1.82, 2.24) is 24.6 Å². The minimum absolute atomic E-state index is 0.0816. The van der Waals surface area contributed by atoms with Crippen LogP contribution >= 0.6 is 0 Å². The molecule has 1 saturated carbocycles. The van der Waals surface area contributed by atoms with Gasteiger partial charge in [0.2, 0.25) is 0 Å². The van der Waals surface area contributed by atoms with Gasteiger partial charge in [-0.15, -0.1) is 0 Å². The van der Waals surface area contributed by atoms with Crippen LogP contribution in [0.4, 0.5) is 0 Å². The first-order valence-corrected chi connectivity index (χ1v) is 7.91. The van der Waals surface area contributed by atoms with Gasteiger partial charge in [-0.1, -0.05) is 19.3 Å². The summed E-state index contributed by atoms with van der Waals surface area (Å²) in [7, 11) is 0. The molecular weight excluding hydrogens is 278 g/mol. The van der Waals surface area contributed by atoms with Crippen LogP contribution in [-0.2, 0) is 0 Å². The predicted octanol–water partition coefficient (Wildman–Crippen LogP) is 2.46. The third-order valence-electron chi connectivity index (χ3n) is 4.26. The highest BCUT2D eigenvalue weighted by Crippen LogP contribution is 2.24. The van der Waals surface area contributed by atoms with E-state index in [1.165, 1.54) is 25.6 Å². The van der Waals surface area contributed by atoms with Crippen molar-refractivity contribution in [3.63, 3.8) is 0 Å². The third kappa shape index (κ3) is 3.00. The summed E-state index contributed by atoms with van der Waals surface area (Å²) >= 11 is 0. The maximum Gasteiger partial charge on any atom is 0.254 e. The van der Waals surface area contributed by atoms with Crippen LogP contribution in [-0.4, -0.2) is 43.1 Å². The van der Waals surface area contributed by atoms with Gasteiger partial charge in [0.15, 0.2) is 5.82 Å². The van der Waals surface area contributed by atoms with Gasteiger partial charge in [0, 0.05) is 24.3 Å². The molecular formula is C16H21N5O. The van der Waals surface area contributed by atoms with Crippen molar-refractivity contribution < 1.29 is 4.79 Å². The number of pyridine rings is 1. The van der Waals surface area contributed by atoms with Gasteiger partial charge in [-0.2, -0.15) is 5.10 Å². The molecule has 0 spiro atoms. The second kappa shape index (κ2) is 6.68. The summed E-state index contributed by atoms with van der Waals surface area (Å²) in [4.78, 5) is 23.0. The van der Waals surface area contributed by atoms with E-state index in [9.17, 15) is 4.79 Å². The maximum absolute atomic E-state index is 12.8. The summed E-state index contributed by atoms with van der Waals surface area (Å²) in [5, 5.41) is 4.06. The van der Waals surface area contributed by atoms with Crippen LogP contribution in [0.25, 0.3) is 5.82 Å². The molecule has 0 aliphatic heterocycles. The summed E-state index contributed by atoms with van der Waals surface area (Å²) in [5.74, 6) is 0.696. The van der Waals surface area contributed by atoms with Gasteiger partial charge < -0.3 is 4.90 Å². The molecule has 2 aromatic rings. The van der Waals surface area contributed by atoms with Gasteiger partial charge in [-0.25, -0.2) is 14.6 Å². The second-order valence-electron chi connectivity index (χ2n) is 5.63. The highest BCUT2D eigenvalue weighted by Gasteiger charge is 2.25. The van der Waals surface area contributed by atoms with E-state index in [1.807, 2.05) is 11.8 Å². The first-order valence-electron chi connectivity index (χ1n) is 7.91. The zero-order chi connectivity index (χ0) is 15.4. The minimum atomic E-state index is 0.0816. The molecule has 1 amide bonds. The van der Waals surface area contributed by atoms with E-state index in [-0.39, 0.29) is 5.91 Å². The Hall–Kier alpha value is -2.24. The summed E-state index contributed by atoms with van der Waals surface area (Å²) in [6.07, 6.45) is 10.6. The molecule has 116 valence electrons. The molecule has 1 aliphatic carbocycles. The number of carbonyl (C=O) groups excluding carboxylic acids is 1. The summed E-state index contributed by atoms with van der Waals surface area (Å²) in [5.41, 5.74) is 0.660. The highest BCUT2D eigenvalue weighted by molar-refractivity contribution is 5.94. The van der Waals surface area contributed by atoms with E-state index in [4.69, 9.17) is 0 Å². The molecule has 2 aromatic heterocycles. The summed E-state index contributed by atoms with van der Waals surface area (Å²) < 4.78 is 1.56. The molecule has 6 nitrogen and oxygen atoms in total. The number of nitrogens with zero attached hydrogens (tertiary/aromatic N) is 5. The Bertz CT molecular complexity index is 619. The lowest BCUT2D eigenvalue weighted by Gasteiger charge is -2.33. The first kappa shape index (κ1) is 14.7. The largest absolute Gasteiger partial charge is 0.336 e. The Morgan fingerprint density at radius 1 is 1.36 bits per heavy atom. The molecule has 0 atom stereocenters. The quantitative estimate of drug-likeness (QED) is 0.870. The van der Waals surface area contributed by atoms with Crippen molar-refractivity contribution in [2.45, 2.75) is 45.1 Å². The van der Waals surface area contributed by atoms with E-state index in [2.05, 4.69) is 15.1 Å². The lowest BCUT2D eigenvalue weighted by atomic mass is 9.94. The fraction of sp³-hybridized carbons (Fsp3) is 0.500. The molecule has 1 fully saturated rings. The lowest BCUT2D eigenvalue weighted by molar-refractivity contribution is 0.0648. The second-order valence-corrected chi connectivity index (χ2v) is 5.63. The van der Waals surface area contributed by atoms with Crippen molar-refractivity contribution in [2.24, 2.45) is 0 Å². The number of aromatic nitrogens is 4. The van der Waals surface area contributed by atoms with Gasteiger partial charge in [-0.05, 0) is 31.9 Å². The van der Waals surface area contributed by atoms with Crippen molar-refractivity contribution in [2.75, 3.05) is 6.54 Å². The Kier molecular flexibility index (Phi) is 4.46. The van der Waals surface area contributed by atoms with Crippen molar-refractivity contribution in [3.8, 4) is 5.82 Å². The molecule has 0 bridgehead atoms. The maximum atomic E-state index is 12.8. The van der Waals surface area contributed by atoms with Crippen molar-refractivity contribution in [1.29, 1.82) is 0 Å². The fourth-order valence-corrected chi connectivity index (χ4v) is 3.13. The molecule has 0 saturated heterocycles. The van der Waals surface area contributed by atoms with Gasteiger partial charge in [-0.3, -0.25) is 4.79 Å². The third-order valence-corrected chi connectivity index (χ3v) is 4.26. The molecule has 0 N–H and O–H groups in total.